The van der Waals surface area contributed by atoms with Crippen LogP contribution in [0.3, 0.4) is 0 Å². The lowest BCUT2D eigenvalue weighted by molar-refractivity contribution is 0.953. The van der Waals surface area contributed by atoms with E-state index in [1.807, 2.05) is 6.92 Å². The first kappa shape index (κ1) is 5.95. The molecule has 3 heteroatoms. The smallest absolute Gasteiger partial charge is 0.109 e. The molecule has 0 saturated heterocycles. The molecule has 46 valence electrons. The lowest BCUT2D eigenvalue weighted by atomic mass is 10.4. The average Bonchev–Trinajstić information content (AvgIpc) is 2.12. The number of hydrogen-bond donors (Lipinski definition) is 2. The van der Waals surface area contributed by atoms with Crippen molar-refractivity contribution in [1.82, 2.24) is 5.32 Å². The predicted octanol–water partition coefficient (Wildman–Crippen LogP) is 0.306. The van der Waals surface area contributed by atoms with Crippen LogP contribution < -0.4 is 5.32 Å². The number of thiol groups is 1. The molecule has 1 atom stereocenters. The van der Waals surface area contributed by atoms with E-state index in [9.17, 15) is 0 Å². The first-order chi connectivity index (χ1) is 3.80. The van der Waals surface area contributed by atoms with Crippen LogP contribution in [0.25, 0.3) is 0 Å². The number of amidine groups is 1. The summed E-state index contributed by atoms with van der Waals surface area (Å²) in [5.74, 6) is 1.04. The molecule has 0 saturated carbocycles. The molecule has 0 aromatic rings. The maximum atomic E-state index is 4.20. The normalized spacial score (nSPS) is 22.0. The summed E-state index contributed by atoms with van der Waals surface area (Å²) in [5, 5.41) is 3.41. The van der Waals surface area contributed by atoms with E-state index in [4.69, 9.17) is 0 Å². The maximum absolute atomic E-state index is 4.20. The summed E-state index contributed by atoms with van der Waals surface area (Å²) in [6, 6.07) is 0. The summed E-state index contributed by atoms with van der Waals surface area (Å²) in [6.45, 7) is 3.92. The molecular weight excluding hydrogens is 120 g/mol. The zero-order valence-corrected chi connectivity index (χ0v) is 5.78. The molecule has 1 aliphatic heterocycles. The molecule has 1 aliphatic rings. The van der Waals surface area contributed by atoms with Crippen molar-refractivity contribution in [3.63, 3.8) is 0 Å². The Kier molecular flexibility index (Phi) is 1.78. The maximum Gasteiger partial charge on any atom is 0.109 e. The first-order valence-corrected chi connectivity index (χ1v) is 3.28. The summed E-state index contributed by atoms with van der Waals surface area (Å²) in [5.41, 5.74) is 0. The van der Waals surface area contributed by atoms with Gasteiger partial charge < -0.3 is 5.32 Å². The third kappa shape index (κ3) is 1.15. The van der Waals surface area contributed by atoms with Crippen LogP contribution in [0.4, 0.5) is 0 Å². The number of nitrogens with zero attached hydrogens (tertiary/aromatic N) is 1. The highest BCUT2D eigenvalue weighted by molar-refractivity contribution is 7.81. The standard InChI is InChI=1S/C5H10N2S/c1-4(8)5-6-2-3-7-5/h4,8H,2-3H2,1H3,(H,6,7). The molecule has 1 rings (SSSR count). The number of nitrogens with one attached hydrogen (secondary N) is 1. The van der Waals surface area contributed by atoms with E-state index in [-0.39, 0.29) is 5.25 Å². The molecule has 1 N–H and O–H groups in total. The third-order valence-electron chi connectivity index (χ3n) is 1.10. The fourth-order valence-corrected chi connectivity index (χ4v) is 0.869. The van der Waals surface area contributed by atoms with Crippen LogP contribution in [0.15, 0.2) is 4.99 Å². The van der Waals surface area contributed by atoms with E-state index in [2.05, 4.69) is 22.9 Å². The molecule has 0 aliphatic carbocycles. The van der Waals surface area contributed by atoms with Crippen LogP contribution in [-0.2, 0) is 0 Å². The Morgan fingerprint density at radius 3 is 2.88 bits per heavy atom. The second-order valence-corrected chi connectivity index (χ2v) is 2.64. The van der Waals surface area contributed by atoms with Gasteiger partial charge in [0.05, 0.1) is 11.8 Å². The van der Waals surface area contributed by atoms with Crippen LogP contribution in [-0.4, -0.2) is 24.2 Å². The minimum atomic E-state index is 0.275. The average molecular weight is 130 g/mol. The summed E-state index contributed by atoms with van der Waals surface area (Å²) in [4.78, 5) is 4.16. The van der Waals surface area contributed by atoms with Crippen molar-refractivity contribution >= 4 is 18.5 Å². The molecule has 2 nitrogen and oxygen atoms in total. The van der Waals surface area contributed by atoms with E-state index in [0.717, 1.165) is 18.9 Å². The van der Waals surface area contributed by atoms with Crippen LogP contribution in [0, 0.1) is 0 Å². The highest BCUT2D eigenvalue weighted by Crippen LogP contribution is 1.97. The summed E-state index contributed by atoms with van der Waals surface area (Å²) >= 11 is 4.20. The van der Waals surface area contributed by atoms with E-state index >= 15 is 0 Å². The van der Waals surface area contributed by atoms with Gasteiger partial charge in [0.2, 0.25) is 0 Å². The van der Waals surface area contributed by atoms with Gasteiger partial charge in [-0.1, -0.05) is 0 Å². The molecule has 8 heavy (non-hydrogen) atoms. The Morgan fingerprint density at radius 2 is 2.62 bits per heavy atom. The van der Waals surface area contributed by atoms with Crippen molar-refractivity contribution in [2.75, 3.05) is 13.1 Å². The molecule has 0 spiro atoms. The Bertz CT molecular complexity index is 109. The van der Waals surface area contributed by atoms with E-state index < -0.39 is 0 Å². The largest absolute Gasteiger partial charge is 0.371 e. The van der Waals surface area contributed by atoms with Crippen molar-refractivity contribution in [2.45, 2.75) is 12.2 Å². The highest BCUT2D eigenvalue weighted by Gasteiger charge is 2.07. The molecule has 0 fully saturated rings. The monoisotopic (exact) mass is 130 g/mol. The van der Waals surface area contributed by atoms with Crippen molar-refractivity contribution in [3.8, 4) is 0 Å². The van der Waals surface area contributed by atoms with Gasteiger partial charge in [0.1, 0.15) is 5.84 Å². The number of aliphatic imine (C=N–C) groups is 1. The first-order valence-electron chi connectivity index (χ1n) is 2.77. The zero-order valence-electron chi connectivity index (χ0n) is 4.89. The van der Waals surface area contributed by atoms with E-state index in [1.54, 1.807) is 0 Å². The molecule has 1 unspecified atom stereocenters. The van der Waals surface area contributed by atoms with Gasteiger partial charge in [-0.15, -0.1) is 0 Å². The number of rotatable bonds is 1. The van der Waals surface area contributed by atoms with Crippen molar-refractivity contribution in [2.24, 2.45) is 4.99 Å². The van der Waals surface area contributed by atoms with Crippen LogP contribution in [0.5, 0.6) is 0 Å². The third-order valence-corrected chi connectivity index (χ3v) is 1.34. The quantitative estimate of drug-likeness (QED) is 0.490. The van der Waals surface area contributed by atoms with Crippen molar-refractivity contribution in [1.29, 1.82) is 0 Å². The van der Waals surface area contributed by atoms with Crippen LogP contribution in [0.2, 0.25) is 0 Å². The highest BCUT2D eigenvalue weighted by atomic mass is 32.1. The Labute approximate surface area is 54.8 Å². The van der Waals surface area contributed by atoms with Gasteiger partial charge >= 0.3 is 0 Å². The van der Waals surface area contributed by atoms with Crippen molar-refractivity contribution in [3.05, 3.63) is 0 Å². The van der Waals surface area contributed by atoms with Gasteiger partial charge in [0, 0.05) is 6.54 Å². The van der Waals surface area contributed by atoms with Gasteiger partial charge in [-0.2, -0.15) is 12.6 Å². The molecule has 0 amide bonds. The van der Waals surface area contributed by atoms with Gasteiger partial charge in [-0.25, -0.2) is 0 Å². The summed E-state index contributed by atoms with van der Waals surface area (Å²) in [6.07, 6.45) is 0. The molecule has 0 radical (unpaired) electrons. The van der Waals surface area contributed by atoms with Crippen molar-refractivity contribution < 1.29 is 0 Å². The summed E-state index contributed by atoms with van der Waals surface area (Å²) < 4.78 is 0. The Balaban J connectivity index is 2.45. The molecule has 0 aromatic heterocycles. The minimum absolute atomic E-state index is 0.275. The zero-order chi connectivity index (χ0) is 5.98. The second-order valence-electron chi connectivity index (χ2n) is 1.87. The lowest BCUT2D eigenvalue weighted by Crippen LogP contribution is -2.25. The SMILES string of the molecule is CC(S)C1=NCCN1. The molecule has 1 heterocycles. The number of hydrogen-bond acceptors (Lipinski definition) is 3. The Hall–Kier alpha value is -0.180. The van der Waals surface area contributed by atoms with E-state index in [0.29, 0.717) is 0 Å². The minimum Gasteiger partial charge on any atom is -0.371 e. The van der Waals surface area contributed by atoms with Gasteiger partial charge in [0.15, 0.2) is 0 Å². The summed E-state index contributed by atoms with van der Waals surface area (Å²) in [7, 11) is 0. The van der Waals surface area contributed by atoms with E-state index in [1.165, 1.54) is 0 Å². The fourth-order valence-electron chi connectivity index (χ4n) is 0.696. The molecule has 0 aromatic carbocycles. The molecular formula is C5H10N2S. The van der Waals surface area contributed by atoms with Gasteiger partial charge in [-0.3, -0.25) is 4.99 Å². The molecule has 0 bridgehead atoms. The van der Waals surface area contributed by atoms with Crippen LogP contribution >= 0.6 is 12.6 Å². The lowest BCUT2D eigenvalue weighted by Gasteiger charge is -2.02. The van der Waals surface area contributed by atoms with Gasteiger partial charge in [-0.05, 0) is 6.92 Å². The fraction of sp³-hybridized carbons (Fsp3) is 0.800. The second kappa shape index (κ2) is 2.40. The van der Waals surface area contributed by atoms with Crippen LogP contribution in [0.1, 0.15) is 6.92 Å². The van der Waals surface area contributed by atoms with Gasteiger partial charge in [0.25, 0.3) is 0 Å². The topological polar surface area (TPSA) is 24.4 Å². The Morgan fingerprint density at radius 1 is 1.88 bits per heavy atom. The predicted molar refractivity (Wildman–Crippen MR) is 38.8 cm³/mol.